The number of hydrogen-bond donors (Lipinski definition) is 0. The van der Waals surface area contributed by atoms with E-state index in [4.69, 9.17) is 23.2 Å². The van der Waals surface area contributed by atoms with Gasteiger partial charge in [-0.25, -0.2) is 0 Å². The highest BCUT2D eigenvalue weighted by Gasteiger charge is 2.14. The molecule has 1 aliphatic heterocycles. The van der Waals surface area contributed by atoms with E-state index in [1.807, 2.05) is 19.1 Å². The zero-order chi connectivity index (χ0) is 14.8. The Kier molecular flexibility index (Phi) is 4.18. The fourth-order valence-electron chi connectivity index (χ4n) is 2.32. The van der Waals surface area contributed by atoms with E-state index in [0.717, 1.165) is 36.1 Å². The second-order valence-electron chi connectivity index (χ2n) is 5.17. The van der Waals surface area contributed by atoms with Gasteiger partial charge in [0, 0.05) is 23.1 Å². The van der Waals surface area contributed by atoms with Crippen molar-refractivity contribution in [1.29, 1.82) is 0 Å². The van der Waals surface area contributed by atoms with Crippen molar-refractivity contribution in [3.63, 3.8) is 0 Å². The fourth-order valence-corrected chi connectivity index (χ4v) is 2.79. The van der Waals surface area contributed by atoms with Crippen LogP contribution >= 0.6 is 23.2 Å². The zero-order valence-corrected chi connectivity index (χ0v) is 13.3. The molecule has 0 aromatic heterocycles. The molecule has 0 fully saturated rings. The summed E-state index contributed by atoms with van der Waals surface area (Å²) in [5, 5.41) is 1.40. The molecular weight excluding hydrogens is 303 g/mol. The van der Waals surface area contributed by atoms with E-state index in [2.05, 4.69) is 34.2 Å². The SMILES string of the molecule is CC1=NCCN1Cc1ccc(Cl)cc1Cl.c1cc2cc-2c1. The molecule has 1 aromatic carbocycles. The van der Waals surface area contributed by atoms with Crippen LogP contribution in [0.3, 0.4) is 0 Å². The molecule has 2 aliphatic carbocycles. The van der Waals surface area contributed by atoms with Crippen molar-refractivity contribution in [2.45, 2.75) is 13.5 Å². The monoisotopic (exact) mass is 318 g/mol. The van der Waals surface area contributed by atoms with Crippen molar-refractivity contribution < 1.29 is 0 Å². The quantitative estimate of drug-likeness (QED) is 0.656. The summed E-state index contributed by atoms with van der Waals surface area (Å²) < 4.78 is 0. The maximum Gasteiger partial charge on any atom is 0.0961 e. The Morgan fingerprint density at radius 2 is 1.86 bits per heavy atom. The van der Waals surface area contributed by atoms with Gasteiger partial charge in [-0.15, -0.1) is 0 Å². The smallest absolute Gasteiger partial charge is 0.0961 e. The van der Waals surface area contributed by atoms with Crippen molar-refractivity contribution in [3.05, 3.63) is 58.1 Å². The van der Waals surface area contributed by atoms with Gasteiger partial charge in [0.05, 0.1) is 12.4 Å². The van der Waals surface area contributed by atoms with Crippen LogP contribution in [-0.4, -0.2) is 23.8 Å². The average molecular weight is 319 g/mol. The van der Waals surface area contributed by atoms with Gasteiger partial charge in [-0.1, -0.05) is 47.5 Å². The molecule has 1 heterocycles. The maximum absolute atomic E-state index is 6.10. The molecule has 0 N–H and O–H groups in total. The van der Waals surface area contributed by atoms with Crippen LogP contribution in [0.4, 0.5) is 0 Å². The molecule has 0 amide bonds. The van der Waals surface area contributed by atoms with Gasteiger partial charge < -0.3 is 4.90 Å². The van der Waals surface area contributed by atoms with E-state index in [1.54, 1.807) is 6.07 Å². The van der Waals surface area contributed by atoms with Crippen LogP contribution in [0.1, 0.15) is 12.5 Å². The molecular formula is C17H16Cl2N2. The Morgan fingerprint density at radius 1 is 1.10 bits per heavy atom. The Morgan fingerprint density at radius 3 is 2.33 bits per heavy atom. The molecule has 0 bridgehead atoms. The first-order valence-electron chi connectivity index (χ1n) is 6.94. The van der Waals surface area contributed by atoms with Gasteiger partial charge in [0.2, 0.25) is 0 Å². The third kappa shape index (κ3) is 3.58. The number of nitrogens with zero attached hydrogens (tertiary/aromatic N) is 2. The lowest BCUT2D eigenvalue weighted by Crippen LogP contribution is -2.25. The minimum Gasteiger partial charge on any atom is -0.354 e. The molecule has 1 aromatic rings. The highest BCUT2D eigenvalue weighted by Crippen LogP contribution is 2.32. The first-order valence-corrected chi connectivity index (χ1v) is 7.69. The number of aliphatic imine (C=N–C) groups is 1. The second-order valence-corrected chi connectivity index (χ2v) is 6.01. The van der Waals surface area contributed by atoms with Crippen LogP contribution in [0.5, 0.6) is 0 Å². The summed E-state index contributed by atoms with van der Waals surface area (Å²) in [6, 6.07) is 14.1. The predicted molar refractivity (Wildman–Crippen MR) is 90.3 cm³/mol. The van der Waals surface area contributed by atoms with Gasteiger partial charge in [-0.2, -0.15) is 0 Å². The largest absolute Gasteiger partial charge is 0.354 e. The lowest BCUT2D eigenvalue weighted by Gasteiger charge is -2.18. The Hall–Kier alpha value is -1.51. The summed E-state index contributed by atoms with van der Waals surface area (Å²) in [7, 11) is 0. The van der Waals surface area contributed by atoms with Gasteiger partial charge >= 0.3 is 0 Å². The van der Waals surface area contributed by atoms with Gasteiger partial charge in [0.15, 0.2) is 0 Å². The minimum absolute atomic E-state index is 0.676. The van der Waals surface area contributed by atoms with E-state index in [0.29, 0.717) is 5.02 Å². The number of fused-ring (bicyclic) bond motifs is 1. The van der Waals surface area contributed by atoms with Gasteiger partial charge in [-0.05, 0) is 41.8 Å². The molecule has 4 heteroatoms. The molecule has 0 spiro atoms. The predicted octanol–water partition coefficient (Wildman–Crippen LogP) is 4.89. The summed E-state index contributed by atoms with van der Waals surface area (Å²) in [6.45, 7) is 4.70. The van der Waals surface area contributed by atoms with Crippen molar-refractivity contribution in [2.24, 2.45) is 4.99 Å². The van der Waals surface area contributed by atoms with Crippen LogP contribution in [0.15, 0.2) is 47.5 Å². The molecule has 3 aliphatic rings. The summed E-state index contributed by atoms with van der Waals surface area (Å²) in [5.74, 6) is 1.08. The first kappa shape index (κ1) is 14.4. The summed E-state index contributed by atoms with van der Waals surface area (Å²) >= 11 is 11.9. The molecule has 0 saturated carbocycles. The Bertz CT molecular complexity index is 678. The highest BCUT2D eigenvalue weighted by molar-refractivity contribution is 6.35. The van der Waals surface area contributed by atoms with E-state index in [9.17, 15) is 0 Å². The zero-order valence-electron chi connectivity index (χ0n) is 11.8. The normalized spacial score (nSPS) is 14.4. The van der Waals surface area contributed by atoms with E-state index >= 15 is 0 Å². The van der Waals surface area contributed by atoms with Crippen molar-refractivity contribution in [3.8, 4) is 11.1 Å². The summed E-state index contributed by atoms with van der Waals surface area (Å²) in [4.78, 5) is 6.55. The van der Waals surface area contributed by atoms with Crippen LogP contribution < -0.4 is 0 Å². The van der Waals surface area contributed by atoms with E-state index < -0.39 is 0 Å². The number of halogens is 2. The lowest BCUT2D eigenvalue weighted by molar-refractivity contribution is 0.450. The second kappa shape index (κ2) is 6.08. The fraction of sp³-hybridized carbons (Fsp3) is 0.235. The van der Waals surface area contributed by atoms with Crippen molar-refractivity contribution in [1.82, 2.24) is 4.90 Å². The molecule has 0 unspecified atom stereocenters. The van der Waals surface area contributed by atoms with Crippen LogP contribution in [0.2, 0.25) is 10.0 Å². The molecule has 0 radical (unpaired) electrons. The van der Waals surface area contributed by atoms with Crippen LogP contribution in [0.25, 0.3) is 11.1 Å². The van der Waals surface area contributed by atoms with Crippen LogP contribution in [-0.2, 0) is 6.54 Å². The lowest BCUT2D eigenvalue weighted by atomic mass is 10.2. The number of hydrogen-bond acceptors (Lipinski definition) is 2. The minimum atomic E-state index is 0.676. The van der Waals surface area contributed by atoms with Gasteiger partial charge in [0.25, 0.3) is 0 Å². The Balaban J connectivity index is 0.000000180. The first-order chi connectivity index (χ1) is 10.1. The third-order valence-corrected chi connectivity index (χ3v) is 4.24. The molecule has 21 heavy (non-hydrogen) atoms. The van der Waals surface area contributed by atoms with Gasteiger partial charge in [-0.3, -0.25) is 4.99 Å². The molecule has 108 valence electrons. The molecule has 4 rings (SSSR count). The standard InChI is InChI=1S/C11H12Cl2N2.C6H4/c1-8-14-4-5-15(8)7-9-2-3-10(12)6-11(9)13;1-2-5-4-6(5)3-1/h2-3,6H,4-5,7H2,1H3;1-4H. The number of benzene rings is 2. The third-order valence-electron chi connectivity index (χ3n) is 3.66. The molecule has 0 saturated heterocycles. The van der Waals surface area contributed by atoms with E-state index in [-0.39, 0.29) is 0 Å². The molecule has 0 atom stereocenters. The van der Waals surface area contributed by atoms with Crippen molar-refractivity contribution >= 4 is 29.0 Å². The van der Waals surface area contributed by atoms with Crippen LogP contribution in [0, 0.1) is 0 Å². The number of rotatable bonds is 2. The summed E-state index contributed by atoms with van der Waals surface area (Å²) in [6.07, 6.45) is 0. The van der Waals surface area contributed by atoms with Gasteiger partial charge in [0.1, 0.15) is 0 Å². The Labute approximate surface area is 135 Å². The summed E-state index contributed by atoms with van der Waals surface area (Å²) in [5.41, 5.74) is 3.95. The highest BCUT2D eigenvalue weighted by atomic mass is 35.5. The molecule has 2 nitrogen and oxygen atoms in total. The topological polar surface area (TPSA) is 15.6 Å². The average Bonchev–Trinajstić information content (AvgIpc) is 2.86. The van der Waals surface area contributed by atoms with E-state index in [1.165, 1.54) is 11.1 Å². The number of amidine groups is 1. The maximum atomic E-state index is 6.10. The van der Waals surface area contributed by atoms with Crippen molar-refractivity contribution in [2.75, 3.05) is 13.1 Å².